The molecule has 110 valence electrons. The molecule has 0 atom stereocenters. The molecule has 0 aliphatic carbocycles. The molecule has 4 heteroatoms. The van der Waals surface area contributed by atoms with Gasteiger partial charge >= 0.3 is 5.97 Å². The van der Waals surface area contributed by atoms with Crippen LogP contribution in [-0.2, 0) is 11.3 Å². The molecule has 0 saturated heterocycles. The van der Waals surface area contributed by atoms with Crippen molar-refractivity contribution < 1.29 is 9.53 Å². The molecule has 0 saturated carbocycles. The highest BCUT2D eigenvalue weighted by Gasteiger charge is 2.12. The Morgan fingerprint density at radius 1 is 0.955 bits per heavy atom. The quantitative estimate of drug-likeness (QED) is 0.692. The van der Waals surface area contributed by atoms with Gasteiger partial charge in [-0.2, -0.15) is 0 Å². The number of para-hydroxylation sites is 2. The van der Waals surface area contributed by atoms with Gasteiger partial charge in [0.15, 0.2) is 0 Å². The van der Waals surface area contributed by atoms with E-state index in [1.807, 2.05) is 56.3 Å². The third-order valence-electron chi connectivity index (χ3n) is 3.55. The van der Waals surface area contributed by atoms with Crippen molar-refractivity contribution in [2.75, 3.05) is 0 Å². The van der Waals surface area contributed by atoms with E-state index in [0.29, 0.717) is 11.3 Å². The van der Waals surface area contributed by atoms with E-state index < -0.39 is 0 Å². The fourth-order valence-corrected chi connectivity index (χ4v) is 2.28. The highest BCUT2D eigenvalue weighted by Crippen LogP contribution is 2.14. The van der Waals surface area contributed by atoms with E-state index in [-0.39, 0.29) is 12.6 Å². The second-order valence-corrected chi connectivity index (χ2v) is 5.14. The van der Waals surface area contributed by atoms with Crippen molar-refractivity contribution in [3.63, 3.8) is 0 Å². The van der Waals surface area contributed by atoms with E-state index in [2.05, 4.69) is 9.97 Å². The van der Waals surface area contributed by atoms with Crippen molar-refractivity contribution in [3.8, 4) is 0 Å². The molecule has 0 fully saturated rings. The standard InChI is InChI=1S/C18H16N2O2/c1-12-7-3-4-8-14(12)18(21)22-11-17-13(2)19-15-9-5-6-10-16(15)20-17/h3-10H,11H2,1-2H3. The maximum absolute atomic E-state index is 12.1. The van der Waals surface area contributed by atoms with Crippen LogP contribution in [0.5, 0.6) is 0 Å². The minimum Gasteiger partial charge on any atom is -0.455 e. The number of benzene rings is 2. The Labute approximate surface area is 128 Å². The lowest BCUT2D eigenvalue weighted by atomic mass is 10.1. The van der Waals surface area contributed by atoms with Crippen LogP contribution in [0, 0.1) is 13.8 Å². The summed E-state index contributed by atoms with van der Waals surface area (Å²) in [6, 6.07) is 15.0. The van der Waals surface area contributed by atoms with E-state index >= 15 is 0 Å². The van der Waals surface area contributed by atoms with Crippen molar-refractivity contribution in [1.29, 1.82) is 0 Å². The Balaban J connectivity index is 1.80. The van der Waals surface area contributed by atoms with Crippen LogP contribution in [0.25, 0.3) is 11.0 Å². The molecule has 0 spiro atoms. The Bertz CT molecular complexity index is 843. The Kier molecular flexibility index (Phi) is 3.83. The predicted octanol–water partition coefficient (Wildman–Crippen LogP) is 3.60. The average molecular weight is 292 g/mol. The molecule has 0 amide bonds. The largest absolute Gasteiger partial charge is 0.455 e. The third kappa shape index (κ3) is 2.81. The molecule has 2 aromatic carbocycles. The molecule has 4 nitrogen and oxygen atoms in total. The molecule has 3 rings (SSSR count). The average Bonchev–Trinajstić information content (AvgIpc) is 2.53. The van der Waals surface area contributed by atoms with Gasteiger partial charge in [0.2, 0.25) is 0 Å². The van der Waals surface area contributed by atoms with E-state index in [1.165, 1.54) is 0 Å². The molecule has 0 unspecified atom stereocenters. The van der Waals surface area contributed by atoms with Gasteiger partial charge in [0.05, 0.1) is 28.0 Å². The lowest BCUT2D eigenvalue weighted by Crippen LogP contribution is -2.09. The van der Waals surface area contributed by atoms with Crippen molar-refractivity contribution in [1.82, 2.24) is 9.97 Å². The molecule has 0 aliphatic rings. The van der Waals surface area contributed by atoms with Crippen LogP contribution < -0.4 is 0 Å². The van der Waals surface area contributed by atoms with Crippen molar-refractivity contribution in [2.45, 2.75) is 20.5 Å². The van der Waals surface area contributed by atoms with E-state index in [0.717, 1.165) is 22.3 Å². The van der Waals surface area contributed by atoms with Crippen LogP contribution in [0.4, 0.5) is 0 Å². The number of aryl methyl sites for hydroxylation is 2. The summed E-state index contributed by atoms with van der Waals surface area (Å²) in [5.41, 5.74) is 4.57. The number of hydrogen-bond acceptors (Lipinski definition) is 4. The number of rotatable bonds is 3. The maximum atomic E-state index is 12.1. The van der Waals surface area contributed by atoms with E-state index in [4.69, 9.17) is 4.74 Å². The number of hydrogen-bond donors (Lipinski definition) is 0. The summed E-state index contributed by atoms with van der Waals surface area (Å²) in [7, 11) is 0. The Morgan fingerprint density at radius 3 is 2.32 bits per heavy atom. The summed E-state index contributed by atoms with van der Waals surface area (Å²) >= 11 is 0. The molecule has 1 aromatic heterocycles. The summed E-state index contributed by atoms with van der Waals surface area (Å²) in [5, 5.41) is 0. The molecule has 3 aromatic rings. The molecule has 0 N–H and O–H groups in total. The van der Waals surface area contributed by atoms with E-state index in [1.54, 1.807) is 6.07 Å². The fraction of sp³-hybridized carbons (Fsp3) is 0.167. The maximum Gasteiger partial charge on any atom is 0.338 e. The molecule has 22 heavy (non-hydrogen) atoms. The molecule has 0 aliphatic heterocycles. The van der Waals surface area contributed by atoms with Crippen molar-refractivity contribution in [2.24, 2.45) is 0 Å². The summed E-state index contributed by atoms with van der Waals surface area (Å²) in [4.78, 5) is 21.2. The number of esters is 1. The van der Waals surface area contributed by atoms with Crippen LogP contribution in [0.2, 0.25) is 0 Å². The van der Waals surface area contributed by atoms with Gasteiger partial charge in [-0.15, -0.1) is 0 Å². The number of carbonyl (C=O) groups excluding carboxylic acids is 1. The highest BCUT2D eigenvalue weighted by atomic mass is 16.5. The summed E-state index contributed by atoms with van der Waals surface area (Å²) < 4.78 is 5.38. The second-order valence-electron chi connectivity index (χ2n) is 5.14. The first-order chi connectivity index (χ1) is 10.6. The number of nitrogens with zero attached hydrogens (tertiary/aromatic N) is 2. The molecule has 0 bridgehead atoms. The van der Waals surface area contributed by atoms with E-state index in [9.17, 15) is 4.79 Å². The molecule has 0 radical (unpaired) electrons. The van der Waals surface area contributed by atoms with Gasteiger partial charge in [0.1, 0.15) is 6.61 Å². The summed E-state index contributed by atoms with van der Waals surface area (Å²) in [5.74, 6) is -0.340. The van der Waals surface area contributed by atoms with Crippen LogP contribution in [0.3, 0.4) is 0 Å². The molecular weight excluding hydrogens is 276 g/mol. The lowest BCUT2D eigenvalue weighted by molar-refractivity contribution is 0.0466. The first-order valence-electron chi connectivity index (χ1n) is 7.10. The number of fused-ring (bicyclic) bond motifs is 1. The van der Waals surface area contributed by atoms with Gasteiger partial charge in [0, 0.05) is 0 Å². The summed E-state index contributed by atoms with van der Waals surface area (Å²) in [6.45, 7) is 3.88. The fourth-order valence-electron chi connectivity index (χ4n) is 2.28. The number of ether oxygens (including phenoxy) is 1. The van der Waals surface area contributed by atoms with Gasteiger partial charge in [-0.05, 0) is 37.6 Å². The van der Waals surface area contributed by atoms with Gasteiger partial charge in [-0.25, -0.2) is 14.8 Å². The smallest absolute Gasteiger partial charge is 0.338 e. The summed E-state index contributed by atoms with van der Waals surface area (Å²) in [6.07, 6.45) is 0. The highest BCUT2D eigenvalue weighted by molar-refractivity contribution is 5.90. The minimum absolute atomic E-state index is 0.122. The van der Waals surface area contributed by atoms with Crippen LogP contribution in [0.15, 0.2) is 48.5 Å². The number of carbonyl (C=O) groups is 1. The van der Waals surface area contributed by atoms with Gasteiger partial charge in [0.25, 0.3) is 0 Å². The zero-order valence-electron chi connectivity index (χ0n) is 12.5. The molecule has 1 heterocycles. The van der Waals surface area contributed by atoms with Crippen LogP contribution in [0.1, 0.15) is 27.3 Å². The number of aromatic nitrogens is 2. The zero-order chi connectivity index (χ0) is 15.5. The first kappa shape index (κ1) is 14.2. The molecular formula is C18H16N2O2. The second kappa shape index (κ2) is 5.93. The van der Waals surface area contributed by atoms with Gasteiger partial charge < -0.3 is 4.74 Å². The minimum atomic E-state index is -0.340. The monoisotopic (exact) mass is 292 g/mol. The van der Waals surface area contributed by atoms with Gasteiger partial charge in [-0.1, -0.05) is 30.3 Å². The van der Waals surface area contributed by atoms with Crippen LogP contribution in [-0.4, -0.2) is 15.9 Å². The van der Waals surface area contributed by atoms with Gasteiger partial charge in [-0.3, -0.25) is 0 Å². The topological polar surface area (TPSA) is 52.1 Å². The first-order valence-corrected chi connectivity index (χ1v) is 7.10. The lowest BCUT2D eigenvalue weighted by Gasteiger charge is -2.09. The Hall–Kier alpha value is -2.75. The zero-order valence-corrected chi connectivity index (χ0v) is 12.5. The van der Waals surface area contributed by atoms with Crippen molar-refractivity contribution in [3.05, 3.63) is 71.0 Å². The Morgan fingerprint density at radius 2 is 1.59 bits per heavy atom. The normalized spacial score (nSPS) is 10.6. The van der Waals surface area contributed by atoms with Crippen molar-refractivity contribution >= 4 is 17.0 Å². The third-order valence-corrected chi connectivity index (χ3v) is 3.55. The van der Waals surface area contributed by atoms with Crippen LogP contribution >= 0.6 is 0 Å². The predicted molar refractivity (Wildman–Crippen MR) is 84.6 cm³/mol. The SMILES string of the molecule is Cc1ccccc1C(=O)OCc1nc2ccccc2nc1C.